The summed E-state index contributed by atoms with van der Waals surface area (Å²) in [6.07, 6.45) is 5.57. The van der Waals surface area contributed by atoms with Crippen molar-refractivity contribution in [3.63, 3.8) is 0 Å². The molecule has 0 saturated carbocycles. The third kappa shape index (κ3) is 6.03. The second kappa shape index (κ2) is 9.81. The minimum absolute atomic E-state index is 0.0877. The number of hydrogen-bond donors (Lipinski definition) is 1. The van der Waals surface area contributed by atoms with Crippen molar-refractivity contribution in [2.75, 3.05) is 26.9 Å². The van der Waals surface area contributed by atoms with E-state index in [4.69, 9.17) is 9.47 Å². The summed E-state index contributed by atoms with van der Waals surface area (Å²) in [7, 11) is -2.69. The van der Waals surface area contributed by atoms with Crippen LogP contribution in [0.2, 0.25) is 0 Å². The molecule has 0 aliphatic carbocycles. The molecule has 0 spiro atoms. The molecule has 8 nitrogen and oxygen atoms in total. The fourth-order valence-corrected chi connectivity index (χ4v) is 3.62. The molecule has 0 radical (unpaired) electrons. The lowest BCUT2D eigenvalue weighted by Gasteiger charge is -2.22. The number of pyridine rings is 1. The smallest absolute Gasteiger partial charge is 0.340 e. The van der Waals surface area contributed by atoms with E-state index in [0.717, 1.165) is 25.9 Å². The lowest BCUT2D eigenvalue weighted by molar-refractivity contribution is -0.162. The molecular weight excluding hydrogens is 348 g/mol. The highest BCUT2D eigenvalue weighted by Gasteiger charge is 2.24. The number of rotatable bonds is 9. The van der Waals surface area contributed by atoms with Crippen LogP contribution in [-0.2, 0) is 24.2 Å². The first-order chi connectivity index (χ1) is 12.0. The minimum atomic E-state index is -3.88. The topological polar surface area (TPSA) is 104 Å². The predicted molar refractivity (Wildman–Crippen MR) is 89.5 cm³/mol. The van der Waals surface area contributed by atoms with Gasteiger partial charge in [-0.1, -0.05) is 0 Å². The van der Waals surface area contributed by atoms with Gasteiger partial charge in [-0.15, -0.1) is 0 Å². The Hall–Kier alpha value is -1.55. The van der Waals surface area contributed by atoms with Gasteiger partial charge in [-0.25, -0.2) is 22.9 Å². The zero-order valence-corrected chi connectivity index (χ0v) is 15.1. The molecule has 2 heterocycles. The highest BCUT2D eigenvalue weighted by molar-refractivity contribution is 7.89. The van der Waals surface area contributed by atoms with E-state index in [9.17, 15) is 13.2 Å². The van der Waals surface area contributed by atoms with Crippen LogP contribution in [0.1, 0.15) is 42.5 Å². The van der Waals surface area contributed by atoms with Crippen molar-refractivity contribution in [3.8, 4) is 0 Å². The minimum Gasteiger partial charge on any atom is -0.465 e. The Morgan fingerprint density at radius 2 is 2.24 bits per heavy atom. The van der Waals surface area contributed by atoms with E-state index in [1.54, 1.807) is 0 Å². The molecule has 1 N–H and O–H groups in total. The van der Waals surface area contributed by atoms with Crippen LogP contribution in [0.15, 0.2) is 23.4 Å². The Morgan fingerprint density at radius 1 is 1.40 bits per heavy atom. The number of nitrogens with zero attached hydrogens (tertiary/aromatic N) is 1. The predicted octanol–water partition coefficient (Wildman–Crippen LogP) is 1.47. The number of aromatic nitrogens is 1. The summed E-state index contributed by atoms with van der Waals surface area (Å²) < 4.78 is 42.7. The van der Waals surface area contributed by atoms with Gasteiger partial charge in [0.05, 0.1) is 12.7 Å². The van der Waals surface area contributed by atoms with Gasteiger partial charge >= 0.3 is 5.97 Å². The van der Waals surface area contributed by atoms with Crippen molar-refractivity contribution >= 4 is 16.0 Å². The van der Waals surface area contributed by atoms with Gasteiger partial charge in [0.2, 0.25) is 0 Å². The summed E-state index contributed by atoms with van der Waals surface area (Å²) in [5.74, 6) is -0.741. The molecule has 0 bridgehead atoms. The maximum atomic E-state index is 12.3. The average Bonchev–Trinajstić information content (AvgIpc) is 2.64. The summed E-state index contributed by atoms with van der Waals surface area (Å²) in [5.41, 5.74) is -0.0877. The third-order valence-electron chi connectivity index (χ3n) is 3.74. The second-order valence-electron chi connectivity index (χ2n) is 5.62. The van der Waals surface area contributed by atoms with Crippen molar-refractivity contribution in [3.05, 3.63) is 23.9 Å². The standard InChI is InChI=1S/C16H24N2O6S/c1-22-16(19)13-7-6-9-17-15(13)25(20,21)18-10-3-5-12-24-14-8-2-4-11-23-14/h6-7,9,14,18H,2-5,8,10-12H2,1H3. The van der Waals surface area contributed by atoms with Gasteiger partial charge in [-0.3, -0.25) is 0 Å². The van der Waals surface area contributed by atoms with Gasteiger partial charge in [0, 0.05) is 26.0 Å². The van der Waals surface area contributed by atoms with Crippen LogP contribution < -0.4 is 4.72 Å². The van der Waals surface area contributed by atoms with Crippen molar-refractivity contribution in [2.45, 2.75) is 43.4 Å². The molecule has 1 aliphatic heterocycles. The molecule has 25 heavy (non-hydrogen) atoms. The first-order valence-corrected chi connectivity index (χ1v) is 9.79. The molecule has 0 amide bonds. The van der Waals surface area contributed by atoms with Crippen LogP contribution in [0, 0.1) is 0 Å². The Labute approximate surface area is 147 Å². The number of methoxy groups -OCH3 is 1. The Kier molecular flexibility index (Phi) is 7.76. The fraction of sp³-hybridized carbons (Fsp3) is 0.625. The highest BCUT2D eigenvalue weighted by Crippen LogP contribution is 2.15. The Balaban J connectivity index is 1.77. The molecule has 1 unspecified atom stereocenters. The maximum absolute atomic E-state index is 12.3. The summed E-state index contributed by atoms with van der Waals surface area (Å²) >= 11 is 0. The quantitative estimate of drug-likeness (QED) is 0.517. The molecule has 1 aliphatic rings. The summed E-state index contributed by atoms with van der Waals surface area (Å²) in [6, 6.07) is 2.85. The van der Waals surface area contributed by atoms with Gasteiger partial charge < -0.3 is 14.2 Å². The van der Waals surface area contributed by atoms with Crippen LogP contribution in [0.4, 0.5) is 0 Å². The zero-order chi connectivity index (χ0) is 18.1. The normalized spacial score (nSPS) is 18.0. The van der Waals surface area contributed by atoms with Crippen molar-refractivity contribution in [2.24, 2.45) is 0 Å². The molecule has 1 fully saturated rings. The molecule has 9 heteroatoms. The second-order valence-corrected chi connectivity index (χ2v) is 7.30. The van der Waals surface area contributed by atoms with Gasteiger partial charge in [-0.05, 0) is 44.2 Å². The van der Waals surface area contributed by atoms with Gasteiger partial charge in [0.1, 0.15) is 0 Å². The van der Waals surface area contributed by atoms with Crippen LogP contribution in [-0.4, -0.2) is 52.5 Å². The molecule has 140 valence electrons. The van der Waals surface area contributed by atoms with Crippen LogP contribution in [0.25, 0.3) is 0 Å². The maximum Gasteiger partial charge on any atom is 0.340 e. The van der Waals surface area contributed by atoms with E-state index in [0.29, 0.717) is 19.4 Å². The number of hydrogen-bond acceptors (Lipinski definition) is 7. The molecular formula is C16H24N2O6S. The van der Waals surface area contributed by atoms with Gasteiger partial charge in [0.15, 0.2) is 11.3 Å². The monoisotopic (exact) mass is 372 g/mol. The Bertz CT molecular complexity index is 658. The highest BCUT2D eigenvalue weighted by atomic mass is 32.2. The van der Waals surface area contributed by atoms with Crippen molar-refractivity contribution < 1.29 is 27.4 Å². The number of carbonyl (C=O) groups excluding carboxylic acids is 1. The largest absolute Gasteiger partial charge is 0.465 e. The van der Waals surface area contributed by atoms with E-state index in [1.807, 2.05) is 0 Å². The molecule has 1 aromatic heterocycles. The number of esters is 1. The fourth-order valence-electron chi connectivity index (χ4n) is 2.43. The zero-order valence-electron chi connectivity index (χ0n) is 14.3. The first-order valence-electron chi connectivity index (χ1n) is 8.31. The summed E-state index contributed by atoms with van der Waals surface area (Å²) in [5, 5.41) is -0.325. The first kappa shape index (κ1) is 19.8. The van der Waals surface area contributed by atoms with E-state index in [-0.39, 0.29) is 23.4 Å². The lowest BCUT2D eigenvalue weighted by atomic mass is 10.2. The SMILES string of the molecule is COC(=O)c1cccnc1S(=O)(=O)NCCCCOC1CCCCO1. The van der Waals surface area contributed by atoms with Gasteiger partial charge in [-0.2, -0.15) is 0 Å². The lowest BCUT2D eigenvalue weighted by Crippen LogP contribution is -2.28. The van der Waals surface area contributed by atoms with E-state index in [2.05, 4.69) is 14.4 Å². The van der Waals surface area contributed by atoms with Crippen molar-refractivity contribution in [1.29, 1.82) is 0 Å². The van der Waals surface area contributed by atoms with Crippen LogP contribution >= 0.6 is 0 Å². The van der Waals surface area contributed by atoms with E-state index >= 15 is 0 Å². The number of unbranched alkanes of at least 4 members (excludes halogenated alkanes) is 1. The molecule has 1 aromatic rings. The van der Waals surface area contributed by atoms with Crippen LogP contribution in [0.3, 0.4) is 0 Å². The van der Waals surface area contributed by atoms with Crippen LogP contribution in [0.5, 0.6) is 0 Å². The number of sulfonamides is 1. The number of nitrogens with one attached hydrogen (secondary N) is 1. The molecule has 0 aromatic carbocycles. The van der Waals surface area contributed by atoms with Gasteiger partial charge in [0.25, 0.3) is 10.0 Å². The Morgan fingerprint density at radius 3 is 2.96 bits per heavy atom. The van der Waals surface area contributed by atoms with E-state index < -0.39 is 16.0 Å². The molecule has 1 atom stereocenters. The summed E-state index contributed by atoms with van der Waals surface area (Å²) in [4.78, 5) is 15.5. The molecule has 1 saturated heterocycles. The van der Waals surface area contributed by atoms with Crippen molar-refractivity contribution in [1.82, 2.24) is 9.71 Å². The van der Waals surface area contributed by atoms with E-state index in [1.165, 1.54) is 25.4 Å². The average molecular weight is 372 g/mol. The summed E-state index contributed by atoms with van der Waals surface area (Å²) in [6.45, 7) is 1.48. The number of ether oxygens (including phenoxy) is 3. The number of carbonyl (C=O) groups is 1. The third-order valence-corrected chi connectivity index (χ3v) is 5.15. The molecule has 2 rings (SSSR count).